The Bertz CT molecular complexity index is 309. The van der Waals surface area contributed by atoms with E-state index in [9.17, 15) is 0 Å². The summed E-state index contributed by atoms with van der Waals surface area (Å²) in [6.07, 6.45) is 0.644. The first-order valence-electron chi connectivity index (χ1n) is 5.30. The molecule has 0 heterocycles. The average Bonchev–Trinajstić information content (AvgIpc) is 2.29. The van der Waals surface area contributed by atoms with E-state index in [0.29, 0.717) is 12.2 Å². The fourth-order valence-corrected chi connectivity index (χ4v) is 1.18. The summed E-state index contributed by atoms with van der Waals surface area (Å²) in [7, 11) is 0. The largest absolute Gasteiger partial charge is 0.492 e. The van der Waals surface area contributed by atoms with Gasteiger partial charge in [-0.3, -0.25) is 0 Å². The van der Waals surface area contributed by atoms with E-state index in [2.05, 4.69) is 0 Å². The Hall–Kier alpha value is -1.10. The number of aliphatic hydroxyl groups is 2. The lowest BCUT2D eigenvalue weighted by molar-refractivity contribution is 0.146. The van der Waals surface area contributed by atoms with Gasteiger partial charge in [0.2, 0.25) is 0 Å². The van der Waals surface area contributed by atoms with Crippen LogP contribution in [0.5, 0.6) is 5.75 Å². The molecule has 90 valence electrons. The molecule has 1 atom stereocenters. The maximum Gasteiger partial charge on any atom is 0.119 e. The fourth-order valence-electron chi connectivity index (χ4n) is 1.18. The van der Waals surface area contributed by atoms with E-state index in [1.165, 1.54) is 0 Å². The Morgan fingerprint density at radius 2 is 1.88 bits per heavy atom. The molecule has 0 aromatic heterocycles. The van der Waals surface area contributed by atoms with Crippen molar-refractivity contribution in [2.75, 3.05) is 19.8 Å². The molecule has 1 aromatic rings. The molecule has 0 saturated carbocycles. The second-order valence-electron chi connectivity index (χ2n) is 4.22. The molecule has 4 nitrogen and oxygen atoms in total. The summed E-state index contributed by atoms with van der Waals surface area (Å²) < 4.78 is 5.45. The van der Waals surface area contributed by atoms with Crippen molar-refractivity contribution in [1.82, 2.24) is 0 Å². The van der Waals surface area contributed by atoms with Crippen LogP contribution >= 0.6 is 0 Å². The zero-order valence-corrected chi connectivity index (χ0v) is 9.52. The van der Waals surface area contributed by atoms with Gasteiger partial charge in [-0.2, -0.15) is 0 Å². The van der Waals surface area contributed by atoms with Gasteiger partial charge in [0.15, 0.2) is 0 Å². The molecular formula is C12H19NO3. The summed E-state index contributed by atoms with van der Waals surface area (Å²) in [5, 5.41) is 17.7. The van der Waals surface area contributed by atoms with Crippen molar-refractivity contribution in [3.8, 4) is 5.75 Å². The molecule has 0 aliphatic heterocycles. The van der Waals surface area contributed by atoms with Crippen LogP contribution in [0.4, 0.5) is 0 Å². The molecular weight excluding hydrogens is 206 g/mol. The molecule has 1 rings (SSSR count). The van der Waals surface area contributed by atoms with Crippen molar-refractivity contribution in [2.24, 2.45) is 5.73 Å². The van der Waals surface area contributed by atoms with Crippen molar-refractivity contribution in [1.29, 1.82) is 0 Å². The van der Waals surface area contributed by atoms with Gasteiger partial charge in [-0.25, -0.2) is 0 Å². The van der Waals surface area contributed by atoms with Gasteiger partial charge in [0.05, 0.1) is 12.1 Å². The molecule has 0 spiro atoms. The van der Waals surface area contributed by atoms with Crippen LogP contribution in [0, 0.1) is 0 Å². The molecule has 16 heavy (non-hydrogen) atoms. The standard InChI is InChI=1S/C12H19NO3/c1-12(13,8-15)9-16-11-4-2-10(3-5-11)6-7-14/h2-5,14-15H,6-9,13H2,1H3. The van der Waals surface area contributed by atoms with Gasteiger partial charge in [0.1, 0.15) is 12.4 Å². The lowest BCUT2D eigenvalue weighted by Crippen LogP contribution is -2.45. The van der Waals surface area contributed by atoms with Crippen LogP contribution in [0.2, 0.25) is 0 Å². The zero-order chi connectivity index (χ0) is 12.0. The van der Waals surface area contributed by atoms with Crippen molar-refractivity contribution in [2.45, 2.75) is 18.9 Å². The summed E-state index contributed by atoms with van der Waals surface area (Å²) in [4.78, 5) is 0. The Morgan fingerprint density at radius 1 is 1.25 bits per heavy atom. The minimum Gasteiger partial charge on any atom is -0.492 e. The fraction of sp³-hybridized carbons (Fsp3) is 0.500. The molecule has 0 aliphatic rings. The van der Waals surface area contributed by atoms with E-state index in [1.807, 2.05) is 24.3 Å². The Balaban J connectivity index is 2.49. The summed E-state index contributed by atoms with van der Waals surface area (Å²) in [5.74, 6) is 0.715. The number of rotatable bonds is 6. The van der Waals surface area contributed by atoms with E-state index in [0.717, 1.165) is 5.56 Å². The monoisotopic (exact) mass is 225 g/mol. The first kappa shape index (κ1) is 13.0. The summed E-state index contributed by atoms with van der Waals surface area (Å²) in [6.45, 7) is 2.02. The molecule has 0 bridgehead atoms. The molecule has 0 radical (unpaired) electrons. The Morgan fingerprint density at radius 3 is 2.38 bits per heavy atom. The highest BCUT2D eigenvalue weighted by Crippen LogP contribution is 2.13. The normalized spacial score (nSPS) is 14.5. The van der Waals surface area contributed by atoms with E-state index in [1.54, 1.807) is 6.92 Å². The number of hydrogen-bond acceptors (Lipinski definition) is 4. The van der Waals surface area contributed by atoms with Gasteiger partial charge in [-0.05, 0) is 31.0 Å². The van der Waals surface area contributed by atoms with Crippen LogP contribution in [0.15, 0.2) is 24.3 Å². The summed E-state index contributed by atoms with van der Waals surface area (Å²) in [5.41, 5.74) is 6.08. The predicted octanol–water partition coefficient (Wildman–Crippen LogP) is 0.310. The first-order chi connectivity index (χ1) is 7.57. The molecule has 4 N–H and O–H groups in total. The number of benzene rings is 1. The van der Waals surface area contributed by atoms with E-state index in [-0.39, 0.29) is 19.8 Å². The SMILES string of the molecule is CC(N)(CO)COc1ccc(CCO)cc1. The van der Waals surface area contributed by atoms with Crippen molar-refractivity contribution in [3.05, 3.63) is 29.8 Å². The maximum atomic E-state index is 8.95. The minimum absolute atomic E-state index is 0.115. The highest BCUT2D eigenvalue weighted by Gasteiger charge is 2.17. The lowest BCUT2D eigenvalue weighted by atomic mass is 10.1. The van der Waals surface area contributed by atoms with Crippen molar-refractivity contribution < 1.29 is 14.9 Å². The summed E-state index contributed by atoms with van der Waals surface area (Å²) in [6, 6.07) is 7.47. The van der Waals surface area contributed by atoms with Gasteiger partial charge in [0, 0.05) is 6.61 Å². The number of aliphatic hydroxyl groups excluding tert-OH is 2. The third-order valence-corrected chi connectivity index (χ3v) is 2.25. The smallest absolute Gasteiger partial charge is 0.119 e. The number of hydrogen-bond donors (Lipinski definition) is 3. The van der Waals surface area contributed by atoms with Gasteiger partial charge in [0.25, 0.3) is 0 Å². The summed E-state index contributed by atoms with van der Waals surface area (Å²) >= 11 is 0. The molecule has 1 unspecified atom stereocenters. The van der Waals surface area contributed by atoms with Crippen LogP contribution in [0.1, 0.15) is 12.5 Å². The predicted molar refractivity (Wildman–Crippen MR) is 62.4 cm³/mol. The van der Waals surface area contributed by atoms with E-state index in [4.69, 9.17) is 20.7 Å². The van der Waals surface area contributed by atoms with Crippen LogP contribution in [-0.2, 0) is 6.42 Å². The van der Waals surface area contributed by atoms with Crippen LogP contribution in [-0.4, -0.2) is 35.6 Å². The second kappa shape index (κ2) is 5.84. The topological polar surface area (TPSA) is 75.7 Å². The molecule has 0 fully saturated rings. The number of ether oxygens (including phenoxy) is 1. The van der Waals surface area contributed by atoms with Crippen LogP contribution in [0.25, 0.3) is 0 Å². The van der Waals surface area contributed by atoms with Gasteiger partial charge >= 0.3 is 0 Å². The second-order valence-corrected chi connectivity index (χ2v) is 4.22. The zero-order valence-electron chi connectivity index (χ0n) is 9.52. The van der Waals surface area contributed by atoms with Crippen LogP contribution in [0.3, 0.4) is 0 Å². The molecule has 0 aliphatic carbocycles. The van der Waals surface area contributed by atoms with Crippen molar-refractivity contribution in [3.63, 3.8) is 0 Å². The lowest BCUT2D eigenvalue weighted by Gasteiger charge is -2.21. The highest BCUT2D eigenvalue weighted by molar-refractivity contribution is 5.27. The minimum atomic E-state index is -0.718. The quantitative estimate of drug-likeness (QED) is 0.651. The average molecular weight is 225 g/mol. The molecule has 0 amide bonds. The van der Waals surface area contributed by atoms with Gasteiger partial charge < -0.3 is 20.7 Å². The molecule has 4 heteroatoms. The van der Waals surface area contributed by atoms with Gasteiger partial charge in [-0.1, -0.05) is 12.1 Å². The molecule has 0 saturated heterocycles. The molecule has 1 aromatic carbocycles. The third-order valence-electron chi connectivity index (χ3n) is 2.25. The van der Waals surface area contributed by atoms with E-state index < -0.39 is 5.54 Å². The third kappa shape index (κ3) is 4.18. The Kier molecular flexibility index (Phi) is 4.73. The number of nitrogens with two attached hydrogens (primary N) is 1. The van der Waals surface area contributed by atoms with Crippen LogP contribution < -0.4 is 10.5 Å². The van der Waals surface area contributed by atoms with Crippen molar-refractivity contribution >= 4 is 0 Å². The highest BCUT2D eigenvalue weighted by atomic mass is 16.5. The Labute approximate surface area is 95.7 Å². The maximum absolute atomic E-state index is 8.95. The van der Waals surface area contributed by atoms with Gasteiger partial charge in [-0.15, -0.1) is 0 Å². The first-order valence-corrected chi connectivity index (χ1v) is 5.30. The van der Waals surface area contributed by atoms with E-state index >= 15 is 0 Å².